The molecule has 0 aromatic carbocycles. The van der Waals surface area contributed by atoms with Crippen molar-refractivity contribution in [2.45, 2.75) is 38.8 Å². The van der Waals surface area contributed by atoms with Gasteiger partial charge in [-0.2, -0.15) is 11.8 Å². The number of carbonyl (C=O) groups excluding carboxylic acids is 2. The highest BCUT2D eigenvalue weighted by atomic mass is 32.2. The van der Waals surface area contributed by atoms with Crippen molar-refractivity contribution in [2.24, 2.45) is 11.7 Å². The smallest absolute Gasteiger partial charge is 0.328 e. The van der Waals surface area contributed by atoms with E-state index >= 15 is 0 Å². The minimum atomic E-state index is -0.608. The lowest BCUT2D eigenvalue weighted by molar-refractivity contribution is -0.145. The van der Waals surface area contributed by atoms with Gasteiger partial charge in [-0.25, -0.2) is 4.79 Å². The Balaban J connectivity index is 4.38. The van der Waals surface area contributed by atoms with Crippen LogP contribution in [-0.4, -0.2) is 43.1 Å². The Morgan fingerprint density at radius 3 is 2.44 bits per heavy atom. The molecular weight excluding hydrogens is 252 g/mol. The molecule has 3 N–H and O–H groups in total. The first-order valence-corrected chi connectivity index (χ1v) is 7.44. The van der Waals surface area contributed by atoms with E-state index < -0.39 is 18.1 Å². The molecule has 0 rings (SSSR count). The van der Waals surface area contributed by atoms with E-state index in [2.05, 4.69) is 10.1 Å². The molecule has 0 unspecified atom stereocenters. The first-order chi connectivity index (χ1) is 8.42. The van der Waals surface area contributed by atoms with Crippen molar-refractivity contribution in [3.8, 4) is 0 Å². The van der Waals surface area contributed by atoms with Crippen molar-refractivity contribution in [1.29, 1.82) is 0 Å². The van der Waals surface area contributed by atoms with E-state index in [4.69, 9.17) is 5.73 Å². The van der Waals surface area contributed by atoms with Gasteiger partial charge >= 0.3 is 5.97 Å². The highest BCUT2D eigenvalue weighted by Crippen LogP contribution is 2.07. The van der Waals surface area contributed by atoms with Gasteiger partial charge in [0.05, 0.1) is 13.2 Å². The molecule has 0 radical (unpaired) electrons. The van der Waals surface area contributed by atoms with Crippen LogP contribution in [0.15, 0.2) is 0 Å². The fourth-order valence-corrected chi connectivity index (χ4v) is 1.97. The molecule has 6 heteroatoms. The molecule has 0 aromatic heterocycles. The van der Waals surface area contributed by atoms with Crippen LogP contribution >= 0.6 is 11.8 Å². The van der Waals surface area contributed by atoms with Crippen molar-refractivity contribution in [1.82, 2.24) is 5.32 Å². The molecule has 0 aliphatic heterocycles. The van der Waals surface area contributed by atoms with Crippen LogP contribution < -0.4 is 11.1 Å². The Bertz CT molecular complexity index is 272. The first kappa shape index (κ1) is 17.2. The van der Waals surface area contributed by atoms with E-state index in [9.17, 15) is 9.59 Å². The number of nitrogens with two attached hydrogens (primary N) is 1. The van der Waals surface area contributed by atoms with Crippen molar-refractivity contribution in [2.75, 3.05) is 19.1 Å². The lowest BCUT2D eigenvalue weighted by Crippen LogP contribution is -2.49. The van der Waals surface area contributed by atoms with Crippen LogP contribution in [0.4, 0.5) is 0 Å². The third kappa shape index (κ3) is 6.86. The molecule has 0 aliphatic carbocycles. The second-order valence-corrected chi connectivity index (χ2v) is 5.59. The molecule has 0 saturated carbocycles. The standard InChI is InChI=1S/C12H24N2O3S/c1-8(2)7-10(12(16)17-3)14-11(15)9(13)5-6-18-4/h8-10H,5-7,13H2,1-4H3,(H,14,15)/t9-,10-/m0/s1. The molecule has 1 amide bonds. The van der Waals surface area contributed by atoms with Crippen LogP contribution in [-0.2, 0) is 14.3 Å². The molecule has 5 nitrogen and oxygen atoms in total. The van der Waals surface area contributed by atoms with Gasteiger partial charge in [0.15, 0.2) is 0 Å². The summed E-state index contributed by atoms with van der Waals surface area (Å²) in [5.74, 6) is 0.396. The van der Waals surface area contributed by atoms with E-state index in [1.54, 1.807) is 11.8 Å². The largest absolute Gasteiger partial charge is 0.467 e. The number of methoxy groups -OCH3 is 1. The third-order valence-electron chi connectivity index (χ3n) is 2.48. The number of ether oxygens (including phenoxy) is 1. The summed E-state index contributed by atoms with van der Waals surface area (Å²) in [6.45, 7) is 3.96. The minimum absolute atomic E-state index is 0.289. The van der Waals surface area contributed by atoms with Crippen LogP contribution in [0.5, 0.6) is 0 Å². The van der Waals surface area contributed by atoms with Gasteiger partial charge in [0.25, 0.3) is 0 Å². The monoisotopic (exact) mass is 276 g/mol. The Labute approximate surface area is 113 Å². The molecule has 0 bridgehead atoms. The second-order valence-electron chi connectivity index (χ2n) is 4.60. The van der Waals surface area contributed by atoms with Gasteiger partial charge in [0.1, 0.15) is 6.04 Å². The Hall–Kier alpha value is -0.750. The summed E-state index contributed by atoms with van der Waals surface area (Å²) in [7, 11) is 1.31. The molecule has 0 fully saturated rings. The highest BCUT2D eigenvalue weighted by Gasteiger charge is 2.24. The van der Waals surface area contributed by atoms with Gasteiger partial charge in [0, 0.05) is 0 Å². The zero-order chi connectivity index (χ0) is 14.1. The van der Waals surface area contributed by atoms with E-state index in [0.717, 1.165) is 5.75 Å². The van der Waals surface area contributed by atoms with Crippen LogP contribution in [0.1, 0.15) is 26.7 Å². The summed E-state index contributed by atoms with van der Waals surface area (Å²) in [4.78, 5) is 23.3. The average molecular weight is 276 g/mol. The number of rotatable bonds is 8. The Morgan fingerprint density at radius 2 is 2.00 bits per heavy atom. The average Bonchev–Trinajstić information content (AvgIpc) is 2.33. The maximum absolute atomic E-state index is 11.8. The fourth-order valence-electron chi connectivity index (χ4n) is 1.48. The van der Waals surface area contributed by atoms with Crippen LogP contribution in [0.25, 0.3) is 0 Å². The molecule has 106 valence electrons. The lowest BCUT2D eigenvalue weighted by Gasteiger charge is -2.20. The van der Waals surface area contributed by atoms with Crippen LogP contribution in [0.3, 0.4) is 0 Å². The van der Waals surface area contributed by atoms with Gasteiger partial charge in [0.2, 0.25) is 5.91 Å². The summed E-state index contributed by atoms with van der Waals surface area (Å²) in [5.41, 5.74) is 5.75. The fraction of sp³-hybridized carbons (Fsp3) is 0.833. The molecule has 0 heterocycles. The van der Waals surface area contributed by atoms with Gasteiger partial charge in [-0.1, -0.05) is 13.8 Å². The zero-order valence-electron chi connectivity index (χ0n) is 11.6. The summed E-state index contributed by atoms with van der Waals surface area (Å²) in [5, 5.41) is 2.66. The van der Waals surface area contributed by atoms with E-state index in [-0.39, 0.29) is 11.8 Å². The normalized spacial score (nSPS) is 14.1. The number of hydrogen-bond acceptors (Lipinski definition) is 5. The Kier molecular flexibility index (Phi) is 8.83. The van der Waals surface area contributed by atoms with Crippen molar-refractivity contribution >= 4 is 23.6 Å². The predicted molar refractivity (Wildman–Crippen MR) is 74.4 cm³/mol. The number of nitrogens with one attached hydrogen (secondary N) is 1. The molecule has 0 aliphatic rings. The lowest BCUT2D eigenvalue weighted by atomic mass is 10.0. The summed E-state index contributed by atoms with van der Waals surface area (Å²) < 4.78 is 4.68. The molecular formula is C12H24N2O3S. The van der Waals surface area contributed by atoms with E-state index in [1.807, 2.05) is 20.1 Å². The topological polar surface area (TPSA) is 81.4 Å². The number of hydrogen-bond donors (Lipinski definition) is 2. The predicted octanol–water partition coefficient (Wildman–Crippen LogP) is 0.771. The number of thioether (sulfide) groups is 1. The van der Waals surface area contributed by atoms with Gasteiger partial charge in [-0.15, -0.1) is 0 Å². The second kappa shape index (κ2) is 9.22. The summed E-state index contributed by atoms with van der Waals surface area (Å²) >= 11 is 1.64. The summed E-state index contributed by atoms with van der Waals surface area (Å²) in [6, 6.07) is -1.18. The number of esters is 1. The van der Waals surface area contributed by atoms with Gasteiger partial charge in [-0.05, 0) is 30.8 Å². The molecule has 18 heavy (non-hydrogen) atoms. The zero-order valence-corrected chi connectivity index (χ0v) is 12.4. The molecule has 0 spiro atoms. The number of amides is 1. The SMILES string of the molecule is COC(=O)[C@H](CC(C)C)NC(=O)[C@@H](N)CCSC. The summed E-state index contributed by atoms with van der Waals surface area (Å²) in [6.07, 6.45) is 3.11. The first-order valence-electron chi connectivity index (χ1n) is 6.05. The third-order valence-corrected chi connectivity index (χ3v) is 3.12. The van der Waals surface area contributed by atoms with Crippen molar-refractivity contribution in [3.63, 3.8) is 0 Å². The van der Waals surface area contributed by atoms with Crippen LogP contribution in [0, 0.1) is 5.92 Å². The minimum Gasteiger partial charge on any atom is -0.467 e. The van der Waals surface area contributed by atoms with Gasteiger partial charge in [-0.3, -0.25) is 4.79 Å². The highest BCUT2D eigenvalue weighted by molar-refractivity contribution is 7.98. The van der Waals surface area contributed by atoms with Gasteiger partial charge < -0.3 is 15.8 Å². The van der Waals surface area contributed by atoms with Crippen LogP contribution in [0.2, 0.25) is 0 Å². The van der Waals surface area contributed by atoms with E-state index in [1.165, 1.54) is 7.11 Å². The van der Waals surface area contributed by atoms with E-state index in [0.29, 0.717) is 12.8 Å². The maximum atomic E-state index is 11.8. The molecule has 0 aromatic rings. The Morgan fingerprint density at radius 1 is 1.39 bits per heavy atom. The molecule has 2 atom stereocenters. The maximum Gasteiger partial charge on any atom is 0.328 e. The van der Waals surface area contributed by atoms with Crippen molar-refractivity contribution in [3.05, 3.63) is 0 Å². The molecule has 0 saturated heterocycles. The van der Waals surface area contributed by atoms with Crippen molar-refractivity contribution < 1.29 is 14.3 Å². The quantitative estimate of drug-likeness (QED) is 0.640. The number of carbonyl (C=O) groups is 2.